The zero-order valence-electron chi connectivity index (χ0n) is 15.1. The van der Waals surface area contributed by atoms with Crippen molar-refractivity contribution in [3.63, 3.8) is 0 Å². The van der Waals surface area contributed by atoms with Crippen LogP contribution in [0.5, 0.6) is 5.75 Å². The van der Waals surface area contributed by atoms with Crippen LogP contribution in [-0.4, -0.2) is 73.2 Å². The number of anilines is 1. The topological polar surface area (TPSA) is 53.5 Å². The van der Waals surface area contributed by atoms with Gasteiger partial charge in [0.1, 0.15) is 12.1 Å². The Balaban J connectivity index is 1.60. The van der Waals surface area contributed by atoms with Crippen molar-refractivity contribution in [1.29, 1.82) is 0 Å². The number of nitrogens with one attached hydrogen (secondary N) is 1. The summed E-state index contributed by atoms with van der Waals surface area (Å²) >= 11 is 0. The SMILES string of the molecule is COc1cc2c(NCCN3CCC(N(C)C)CC3)ncnc2cc1F. The summed E-state index contributed by atoms with van der Waals surface area (Å²) in [6.45, 7) is 3.99. The van der Waals surface area contributed by atoms with Crippen molar-refractivity contribution in [2.24, 2.45) is 0 Å². The Labute approximate surface area is 148 Å². The van der Waals surface area contributed by atoms with Crippen molar-refractivity contribution in [1.82, 2.24) is 19.8 Å². The van der Waals surface area contributed by atoms with Crippen LogP contribution in [0.3, 0.4) is 0 Å². The lowest BCUT2D eigenvalue weighted by atomic mass is 10.0. The van der Waals surface area contributed by atoms with E-state index in [4.69, 9.17) is 4.74 Å². The summed E-state index contributed by atoms with van der Waals surface area (Å²) in [5, 5.41) is 4.13. The normalized spacial score (nSPS) is 16.5. The third kappa shape index (κ3) is 4.16. The molecular formula is C18H26FN5O. The van der Waals surface area contributed by atoms with Gasteiger partial charge in [-0.3, -0.25) is 0 Å². The van der Waals surface area contributed by atoms with E-state index >= 15 is 0 Å². The van der Waals surface area contributed by atoms with Crippen molar-refractivity contribution >= 4 is 16.7 Å². The first-order valence-corrected chi connectivity index (χ1v) is 8.69. The van der Waals surface area contributed by atoms with Crippen molar-refractivity contribution < 1.29 is 9.13 Å². The molecular weight excluding hydrogens is 321 g/mol. The maximum atomic E-state index is 13.8. The van der Waals surface area contributed by atoms with Gasteiger partial charge in [-0.05, 0) is 46.1 Å². The van der Waals surface area contributed by atoms with E-state index in [0.717, 1.165) is 31.6 Å². The molecule has 6 nitrogen and oxygen atoms in total. The van der Waals surface area contributed by atoms with Gasteiger partial charge in [0.05, 0.1) is 12.6 Å². The second-order valence-corrected chi connectivity index (χ2v) is 6.69. The van der Waals surface area contributed by atoms with Gasteiger partial charge in [-0.1, -0.05) is 0 Å². The Morgan fingerprint density at radius 3 is 2.72 bits per heavy atom. The largest absolute Gasteiger partial charge is 0.494 e. The highest BCUT2D eigenvalue weighted by atomic mass is 19.1. The zero-order valence-corrected chi connectivity index (χ0v) is 15.1. The van der Waals surface area contributed by atoms with Crippen LogP contribution in [0, 0.1) is 5.82 Å². The molecule has 0 radical (unpaired) electrons. The summed E-state index contributed by atoms with van der Waals surface area (Å²) in [6, 6.07) is 3.72. The Hall–Kier alpha value is -1.99. The highest BCUT2D eigenvalue weighted by molar-refractivity contribution is 5.90. The third-order valence-corrected chi connectivity index (χ3v) is 4.92. The van der Waals surface area contributed by atoms with Gasteiger partial charge in [0, 0.05) is 30.6 Å². The van der Waals surface area contributed by atoms with E-state index in [1.165, 1.54) is 32.3 Å². The molecule has 2 aromatic rings. The van der Waals surface area contributed by atoms with Gasteiger partial charge in [-0.15, -0.1) is 0 Å². The summed E-state index contributed by atoms with van der Waals surface area (Å²) in [4.78, 5) is 13.2. The average molecular weight is 347 g/mol. The lowest BCUT2D eigenvalue weighted by Gasteiger charge is -2.35. The highest BCUT2D eigenvalue weighted by Crippen LogP contribution is 2.27. The van der Waals surface area contributed by atoms with Crippen LogP contribution in [0.25, 0.3) is 10.9 Å². The summed E-state index contributed by atoms with van der Waals surface area (Å²) < 4.78 is 18.9. The van der Waals surface area contributed by atoms with E-state index in [0.29, 0.717) is 17.4 Å². The fourth-order valence-corrected chi connectivity index (χ4v) is 3.35. The molecule has 1 aliphatic rings. The van der Waals surface area contributed by atoms with Crippen LogP contribution in [0.1, 0.15) is 12.8 Å². The predicted octanol–water partition coefficient (Wildman–Crippen LogP) is 2.22. The number of ether oxygens (including phenoxy) is 1. The van der Waals surface area contributed by atoms with E-state index in [1.807, 2.05) is 0 Å². The zero-order chi connectivity index (χ0) is 17.8. The van der Waals surface area contributed by atoms with Crippen LogP contribution in [0.4, 0.5) is 10.2 Å². The van der Waals surface area contributed by atoms with Gasteiger partial charge in [0.2, 0.25) is 0 Å². The monoisotopic (exact) mass is 347 g/mol. The number of hydrogen-bond donors (Lipinski definition) is 1. The van der Waals surface area contributed by atoms with Crippen molar-refractivity contribution in [3.05, 3.63) is 24.3 Å². The second kappa shape index (κ2) is 7.93. The number of hydrogen-bond acceptors (Lipinski definition) is 6. The number of fused-ring (bicyclic) bond motifs is 1. The molecule has 136 valence electrons. The smallest absolute Gasteiger partial charge is 0.167 e. The van der Waals surface area contributed by atoms with E-state index < -0.39 is 5.82 Å². The van der Waals surface area contributed by atoms with Gasteiger partial charge in [-0.2, -0.15) is 0 Å². The molecule has 3 rings (SSSR count). The maximum Gasteiger partial charge on any atom is 0.167 e. The molecule has 1 aromatic heterocycles. The number of aromatic nitrogens is 2. The molecule has 1 N–H and O–H groups in total. The first-order valence-electron chi connectivity index (χ1n) is 8.69. The number of benzene rings is 1. The summed E-state index contributed by atoms with van der Waals surface area (Å²) in [7, 11) is 5.76. The average Bonchev–Trinajstić information content (AvgIpc) is 2.61. The van der Waals surface area contributed by atoms with E-state index in [-0.39, 0.29) is 5.75 Å². The third-order valence-electron chi connectivity index (χ3n) is 4.92. The Morgan fingerprint density at radius 2 is 2.04 bits per heavy atom. The van der Waals surface area contributed by atoms with Gasteiger partial charge in [0.25, 0.3) is 0 Å². The van der Waals surface area contributed by atoms with Crippen LogP contribution in [0.15, 0.2) is 18.5 Å². The molecule has 0 saturated carbocycles. The molecule has 0 spiro atoms. The number of rotatable bonds is 6. The van der Waals surface area contributed by atoms with E-state index in [9.17, 15) is 4.39 Å². The number of halogens is 1. The number of likely N-dealkylation sites (tertiary alicyclic amines) is 1. The fraction of sp³-hybridized carbons (Fsp3) is 0.556. The first-order chi connectivity index (χ1) is 12.1. The van der Waals surface area contributed by atoms with Crippen molar-refractivity contribution in [2.45, 2.75) is 18.9 Å². The molecule has 0 bridgehead atoms. The maximum absolute atomic E-state index is 13.8. The minimum absolute atomic E-state index is 0.205. The first kappa shape index (κ1) is 17.8. The molecule has 0 aliphatic carbocycles. The van der Waals surface area contributed by atoms with Crippen molar-refractivity contribution in [2.75, 3.05) is 52.7 Å². The Morgan fingerprint density at radius 1 is 1.28 bits per heavy atom. The van der Waals surface area contributed by atoms with E-state index in [1.54, 1.807) is 6.07 Å². The lowest BCUT2D eigenvalue weighted by Crippen LogP contribution is -2.43. The second-order valence-electron chi connectivity index (χ2n) is 6.69. The molecule has 0 amide bonds. The van der Waals surface area contributed by atoms with Gasteiger partial charge >= 0.3 is 0 Å². The lowest BCUT2D eigenvalue weighted by molar-refractivity contribution is 0.148. The van der Waals surface area contributed by atoms with Crippen LogP contribution < -0.4 is 10.1 Å². The minimum atomic E-state index is -0.414. The standard InChI is InChI=1S/C18H26FN5O/c1-23(2)13-4-7-24(8-5-13)9-6-20-18-14-10-17(25-3)15(19)11-16(14)21-12-22-18/h10-13H,4-9H2,1-3H3,(H,20,21,22). The predicted molar refractivity (Wildman–Crippen MR) is 97.7 cm³/mol. The van der Waals surface area contributed by atoms with E-state index in [2.05, 4.69) is 39.2 Å². The molecule has 1 aromatic carbocycles. The van der Waals surface area contributed by atoms with Gasteiger partial charge in [-0.25, -0.2) is 14.4 Å². The van der Waals surface area contributed by atoms with Crippen molar-refractivity contribution in [3.8, 4) is 5.75 Å². The summed E-state index contributed by atoms with van der Waals surface area (Å²) in [6.07, 6.45) is 3.87. The van der Waals surface area contributed by atoms with Crippen LogP contribution in [0.2, 0.25) is 0 Å². The van der Waals surface area contributed by atoms with Crippen LogP contribution in [-0.2, 0) is 0 Å². The number of methoxy groups -OCH3 is 1. The summed E-state index contributed by atoms with van der Waals surface area (Å²) in [5.74, 6) is 0.506. The summed E-state index contributed by atoms with van der Waals surface area (Å²) in [5.41, 5.74) is 0.572. The molecule has 7 heteroatoms. The van der Waals surface area contributed by atoms with Gasteiger partial charge < -0.3 is 19.9 Å². The molecule has 0 atom stereocenters. The Kier molecular flexibility index (Phi) is 5.65. The Bertz CT molecular complexity index is 716. The molecule has 2 heterocycles. The molecule has 1 aliphatic heterocycles. The number of nitrogens with zero attached hydrogens (tertiary/aromatic N) is 4. The number of piperidine rings is 1. The quantitative estimate of drug-likeness (QED) is 0.865. The molecule has 25 heavy (non-hydrogen) atoms. The minimum Gasteiger partial charge on any atom is -0.494 e. The highest BCUT2D eigenvalue weighted by Gasteiger charge is 2.20. The molecule has 0 unspecified atom stereocenters. The molecule has 1 fully saturated rings. The van der Waals surface area contributed by atoms with Gasteiger partial charge in [0.15, 0.2) is 11.6 Å². The fourth-order valence-electron chi connectivity index (χ4n) is 3.35. The molecule has 1 saturated heterocycles. The van der Waals surface area contributed by atoms with Crippen LogP contribution >= 0.6 is 0 Å².